The van der Waals surface area contributed by atoms with E-state index in [4.69, 9.17) is 10.00 Å². The molecule has 0 aliphatic rings. The summed E-state index contributed by atoms with van der Waals surface area (Å²) in [7, 11) is -3.81. The molecule has 8 nitrogen and oxygen atoms in total. The molecule has 9 heteroatoms. The lowest BCUT2D eigenvalue weighted by Crippen LogP contribution is -2.30. The first-order chi connectivity index (χ1) is 18.5. The van der Waals surface area contributed by atoms with Gasteiger partial charge < -0.3 is 4.74 Å². The van der Waals surface area contributed by atoms with Crippen molar-refractivity contribution in [2.45, 2.75) is 11.4 Å². The van der Waals surface area contributed by atoms with Crippen LogP contribution in [-0.2, 0) is 16.6 Å². The number of hydrazone groups is 1. The molecule has 1 N–H and O–H groups in total. The number of nitrogens with one attached hydrogen (secondary N) is 1. The first kappa shape index (κ1) is 26.1. The number of sulfonamides is 1. The molecule has 4 aromatic carbocycles. The number of nitrogens with zero attached hydrogens (tertiary/aromatic N) is 3. The van der Waals surface area contributed by atoms with E-state index in [2.05, 4.69) is 10.5 Å². The van der Waals surface area contributed by atoms with Crippen LogP contribution in [0.25, 0.3) is 0 Å². The summed E-state index contributed by atoms with van der Waals surface area (Å²) in [6.07, 6.45) is 1.49. The van der Waals surface area contributed by atoms with Crippen LogP contribution in [0.1, 0.15) is 21.5 Å². The van der Waals surface area contributed by atoms with Gasteiger partial charge in [-0.1, -0.05) is 48.5 Å². The number of ether oxygens (including phenoxy) is 1. The van der Waals surface area contributed by atoms with Crippen molar-refractivity contribution in [3.63, 3.8) is 0 Å². The normalized spacial score (nSPS) is 11.0. The van der Waals surface area contributed by atoms with Crippen molar-refractivity contribution in [3.8, 4) is 11.8 Å². The van der Waals surface area contributed by atoms with Crippen LogP contribution < -0.4 is 14.5 Å². The van der Waals surface area contributed by atoms with Crippen LogP contribution >= 0.6 is 0 Å². The Labute approximate surface area is 221 Å². The molecular formula is C29H24N4O4S. The summed E-state index contributed by atoms with van der Waals surface area (Å²) < 4.78 is 33.4. The minimum absolute atomic E-state index is 0.0323. The minimum atomic E-state index is -3.81. The van der Waals surface area contributed by atoms with Gasteiger partial charge >= 0.3 is 0 Å². The minimum Gasteiger partial charge on any atom is -0.479 e. The number of hydrogen-bond donors (Lipinski definition) is 1. The standard InChI is InChI=1S/C29H24N4O4S/c30-19-20-37-27-17-13-23(14-18-27)21-31-32-29(34)25-15-11-24(12-16-25)22-33(26-7-3-1-4-8-26)38(35,36)28-9-5-2-6-10-28/h1-18,21H,20,22H2,(H,32,34)/b31-21-. The maximum atomic E-state index is 13.4. The van der Waals surface area contributed by atoms with Gasteiger partial charge in [0.2, 0.25) is 0 Å². The Kier molecular flexibility index (Phi) is 8.49. The van der Waals surface area contributed by atoms with Gasteiger partial charge in [0, 0.05) is 5.56 Å². The van der Waals surface area contributed by atoms with Crippen molar-refractivity contribution in [3.05, 3.63) is 126 Å². The van der Waals surface area contributed by atoms with Gasteiger partial charge in [-0.25, -0.2) is 13.8 Å². The molecule has 0 aliphatic heterocycles. The summed E-state index contributed by atoms with van der Waals surface area (Å²) in [5, 5.41) is 12.5. The molecule has 0 saturated heterocycles. The van der Waals surface area contributed by atoms with E-state index in [9.17, 15) is 13.2 Å². The zero-order valence-electron chi connectivity index (χ0n) is 20.3. The van der Waals surface area contributed by atoms with E-state index in [1.54, 1.807) is 103 Å². The highest BCUT2D eigenvalue weighted by Gasteiger charge is 2.25. The van der Waals surface area contributed by atoms with Crippen molar-refractivity contribution >= 4 is 27.8 Å². The Morgan fingerprint density at radius 2 is 1.53 bits per heavy atom. The van der Waals surface area contributed by atoms with E-state index < -0.39 is 15.9 Å². The zero-order valence-corrected chi connectivity index (χ0v) is 21.1. The van der Waals surface area contributed by atoms with Crippen LogP contribution in [0.3, 0.4) is 0 Å². The third-order valence-electron chi connectivity index (χ3n) is 5.48. The monoisotopic (exact) mass is 524 g/mol. The fourth-order valence-corrected chi connectivity index (χ4v) is 5.03. The van der Waals surface area contributed by atoms with E-state index in [1.165, 1.54) is 10.5 Å². The summed E-state index contributed by atoms with van der Waals surface area (Å²) in [6, 6.07) is 32.6. The van der Waals surface area contributed by atoms with Gasteiger partial charge in [-0.05, 0) is 71.8 Å². The van der Waals surface area contributed by atoms with Crippen LogP contribution in [0.15, 0.2) is 119 Å². The van der Waals surface area contributed by atoms with Gasteiger partial charge in [-0.3, -0.25) is 9.10 Å². The fraction of sp³-hybridized carbons (Fsp3) is 0.0690. The summed E-state index contributed by atoms with van der Waals surface area (Å²) in [5.74, 6) is 0.161. The van der Waals surface area contributed by atoms with E-state index in [0.717, 1.165) is 5.56 Å². The topological polar surface area (TPSA) is 112 Å². The molecule has 0 saturated carbocycles. The molecule has 0 bridgehead atoms. The largest absolute Gasteiger partial charge is 0.479 e. The number of hydrogen-bond acceptors (Lipinski definition) is 6. The second-order valence-corrected chi connectivity index (χ2v) is 9.93. The molecule has 0 fully saturated rings. The number of para-hydroxylation sites is 1. The van der Waals surface area contributed by atoms with Crippen LogP contribution in [0.2, 0.25) is 0 Å². The van der Waals surface area contributed by atoms with Crippen molar-refractivity contribution in [2.24, 2.45) is 5.10 Å². The van der Waals surface area contributed by atoms with Crippen LogP contribution in [0.5, 0.6) is 5.75 Å². The van der Waals surface area contributed by atoms with E-state index >= 15 is 0 Å². The smallest absolute Gasteiger partial charge is 0.271 e. The fourth-order valence-electron chi connectivity index (χ4n) is 3.55. The number of carbonyl (C=O) groups is 1. The second-order valence-electron chi connectivity index (χ2n) is 8.07. The molecule has 0 heterocycles. The number of amides is 1. The van der Waals surface area contributed by atoms with Crippen molar-refractivity contribution in [1.29, 1.82) is 5.26 Å². The SMILES string of the molecule is N#CCOc1ccc(/C=N\NC(=O)c2ccc(CN(c3ccccc3)S(=O)(=O)c3ccccc3)cc2)cc1. The van der Waals surface area contributed by atoms with Gasteiger partial charge in [-0.15, -0.1) is 0 Å². The van der Waals surface area contributed by atoms with Crippen LogP contribution in [-0.4, -0.2) is 27.1 Å². The highest BCUT2D eigenvalue weighted by Crippen LogP contribution is 2.26. The summed E-state index contributed by atoms with van der Waals surface area (Å²) >= 11 is 0. The average Bonchev–Trinajstić information content (AvgIpc) is 2.96. The second kappa shape index (κ2) is 12.3. The Morgan fingerprint density at radius 1 is 0.895 bits per heavy atom. The Morgan fingerprint density at radius 3 is 2.16 bits per heavy atom. The van der Waals surface area contributed by atoms with E-state index in [-0.39, 0.29) is 18.0 Å². The number of benzene rings is 4. The molecule has 1 amide bonds. The molecule has 4 aromatic rings. The van der Waals surface area contributed by atoms with E-state index in [0.29, 0.717) is 22.6 Å². The number of nitriles is 1. The zero-order chi connectivity index (χ0) is 26.8. The summed E-state index contributed by atoms with van der Waals surface area (Å²) in [4.78, 5) is 12.7. The van der Waals surface area contributed by atoms with Gasteiger partial charge in [0.15, 0.2) is 6.61 Å². The molecule has 38 heavy (non-hydrogen) atoms. The maximum Gasteiger partial charge on any atom is 0.271 e. The highest BCUT2D eigenvalue weighted by atomic mass is 32.2. The highest BCUT2D eigenvalue weighted by molar-refractivity contribution is 7.92. The number of rotatable bonds is 10. The molecule has 0 spiro atoms. The molecule has 0 aliphatic carbocycles. The predicted molar refractivity (Wildman–Crippen MR) is 145 cm³/mol. The third kappa shape index (κ3) is 6.63. The molecule has 190 valence electrons. The van der Waals surface area contributed by atoms with Gasteiger partial charge in [0.05, 0.1) is 23.3 Å². The lowest BCUT2D eigenvalue weighted by Gasteiger charge is -2.24. The lowest BCUT2D eigenvalue weighted by molar-refractivity contribution is 0.0955. The molecule has 0 aromatic heterocycles. The van der Waals surface area contributed by atoms with Gasteiger partial charge in [-0.2, -0.15) is 10.4 Å². The molecule has 0 atom stereocenters. The molecule has 4 rings (SSSR count). The van der Waals surface area contributed by atoms with Crippen molar-refractivity contribution in [1.82, 2.24) is 5.43 Å². The Balaban J connectivity index is 1.44. The lowest BCUT2D eigenvalue weighted by atomic mass is 10.1. The van der Waals surface area contributed by atoms with Crippen molar-refractivity contribution < 1.29 is 17.9 Å². The quantitative estimate of drug-likeness (QED) is 0.238. The van der Waals surface area contributed by atoms with Gasteiger partial charge in [0.25, 0.3) is 15.9 Å². The number of carbonyl (C=O) groups excluding carboxylic acids is 1. The summed E-state index contributed by atoms with van der Waals surface area (Å²) in [5.41, 5.74) is 4.85. The molecule has 0 radical (unpaired) electrons. The summed E-state index contributed by atoms with van der Waals surface area (Å²) in [6.45, 7) is 0.0603. The average molecular weight is 525 g/mol. The van der Waals surface area contributed by atoms with Crippen LogP contribution in [0.4, 0.5) is 5.69 Å². The first-order valence-electron chi connectivity index (χ1n) is 11.6. The Bertz CT molecular complexity index is 1530. The predicted octanol–water partition coefficient (Wildman–Crippen LogP) is 4.75. The Hall–Kier alpha value is -4.94. The van der Waals surface area contributed by atoms with Gasteiger partial charge in [0.1, 0.15) is 11.8 Å². The maximum absolute atomic E-state index is 13.4. The van der Waals surface area contributed by atoms with Crippen molar-refractivity contribution in [2.75, 3.05) is 10.9 Å². The molecule has 0 unspecified atom stereocenters. The number of anilines is 1. The van der Waals surface area contributed by atoms with E-state index in [1.807, 2.05) is 12.1 Å². The van der Waals surface area contributed by atoms with Crippen LogP contribution in [0, 0.1) is 11.3 Å². The third-order valence-corrected chi connectivity index (χ3v) is 7.27. The first-order valence-corrected chi connectivity index (χ1v) is 13.1. The molecular weight excluding hydrogens is 500 g/mol.